The van der Waals surface area contributed by atoms with Crippen molar-refractivity contribution in [2.24, 2.45) is 0 Å². The molecule has 0 spiro atoms. The molecule has 0 fully saturated rings. The zero-order chi connectivity index (χ0) is 13.0. The van der Waals surface area contributed by atoms with Crippen molar-refractivity contribution in [2.45, 2.75) is 13.3 Å². The van der Waals surface area contributed by atoms with E-state index in [1.54, 1.807) is 31.6 Å². The molecule has 0 atom stereocenters. The fourth-order valence-electron chi connectivity index (χ4n) is 1.70. The number of methoxy groups -OCH3 is 1. The molecule has 4 heteroatoms. The molecule has 0 aliphatic carbocycles. The molecule has 0 amide bonds. The van der Waals surface area contributed by atoms with Gasteiger partial charge in [0.1, 0.15) is 11.6 Å². The van der Waals surface area contributed by atoms with Crippen molar-refractivity contribution in [3.8, 4) is 5.75 Å². The maximum absolute atomic E-state index is 12.2. The lowest BCUT2D eigenvalue weighted by Crippen LogP contribution is -2.08. The average Bonchev–Trinajstić information content (AvgIpc) is 2.40. The summed E-state index contributed by atoms with van der Waals surface area (Å²) in [5, 5.41) is 0. The molecule has 0 saturated heterocycles. The van der Waals surface area contributed by atoms with Gasteiger partial charge in [0.25, 0.3) is 0 Å². The number of carbonyl (C=O) groups is 1. The Balaban J connectivity index is 2.26. The standard InChI is InChI=1S/C14H14N2O2/c1-10-4-5-13(18-2)11(8-10)12(17)9-14-15-6-3-7-16-14/h3-8H,9H2,1-2H3. The van der Waals surface area contributed by atoms with Crippen molar-refractivity contribution in [3.05, 3.63) is 53.6 Å². The topological polar surface area (TPSA) is 52.1 Å². The number of hydrogen-bond acceptors (Lipinski definition) is 4. The second kappa shape index (κ2) is 5.40. The SMILES string of the molecule is COc1ccc(C)cc1C(=O)Cc1ncccn1. The van der Waals surface area contributed by atoms with E-state index in [9.17, 15) is 4.79 Å². The van der Waals surface area contributed by atoms with Gasteiger partial charge >= 0.3 is 0 Å². The van der Waals surface area contributed by atoms with Crippen LogP contribution in [-0.2, 0) is 6.42 Å². The molecule has 1 aromatic heterocycles. The first kappa shape index (κ1) is 12.2. The number of ether oxygens (including phenoxy) is 1. The molecule has 1 heterocycles. The summed E-state index contributed by atoms with van der Waals surface area (Å²) in [4.78, 5) is 20.3. The Bertz CT molecular complexity index is 553. The van der Waals surface area contributed by atoms with Crippen LogP contribution in [0, 0.1) is 6.92 Å². The van der Waals surface area contributed by atoms with Crippen molar-refractivity contribution in [3.63, 3.8) is 0 Å². The maximum Gasteiger partial charge on any atom is 0.174 e. The van der Waals surface area contributed by atoms with E-state index in [2.05, 4.69) is 9.97 Å². The number of ketones is 1. The van der Waals surface area contributed by atoms with Crippen LogP contribution in [0.15, 0.2) is 36.7 Å². The van der Waals surface area contributed by atoms with Crippen LogP contribution in [0.25, 0.3) is 0 Å². The summed E-state index contributed by atoms with van der Waals surface area (Å²) in [5.74, 6) is 1.06. The fourth-order valence-corrected chi connectivity index (χ4v) is 1.70. The van der Waals surface area contributed by atoms with E-state index in [1.807, 2.05) is 19.1 Å². The molecule has 18 heavy (non-hydrogen) atoms. The molecule has 2 aromatic rings. The Morgan fingerprint density at radius 3 is 2.67 bits per heavy atom. The molecule has 0 aliphatic rings. The van der Waals surface area contributed by atoms with E-state index in [0.29, 0.717) is 17.1 Å². The van der Waals surface area contributed by atoms with Gasteiger partial charge in [-0.1, -0.05) is 11.6 Å². The Kier molecular flexibility index (Phi) is 3.67. The monoisotopic (exact) mass is 242 g/mol. The average molecular weight is 242 g/mol. The van der Waals surface area contributed by atoms with Crippen molar-refractivity contribution < 1.29 is 9.53 Å². The molecular weight excluding hydrogens is 228 g/mol. The second-order valence-corrected chi connectivity index (χ2v) is 3.97. The summed E-state index contributed by atoms with van der Waals surface area (Å²) in [5.41, 5.74) is 1.60. The van der Waals surface area contributed by atoms with Crippen LogP contribution in [-0.4, -0.2) is 22.9 Å². The van der Waals surface area contributed by atoms with E-state index in [0.717, 1.165) is 5.56 Å². The highest BCUT2D eigenvalue weighted by Crippen LogP contribution is 2.21. The number of nitrogens with zero attached hydrogens (tertiary/aromatic N) is 2. The molecule has 2 rings (SSSR count). The Morgan fingerprint density at radius 1 is 1.28 bits per heavy atom. The van der Waals surface area contributed by atoms with Gasteiger partial charge < -0.3 is 4.74 Å². The summed E-state index contributed by atoms with van der Waals surface area (Å²) in [7, 11) is 1.56. The highest BCUT2D eigenvalue weighted by atomic mass is 16.5. The third-order valence-corrected chi connectivity index (χ3v) is 2.59. The number of benzene rings is 1. The first-order valence-corrected chi connectivity index (χ1v) is 5.64. The molecule has 1 aromatic carbocycles. The molecule has 0 bridgehead atoms. The molecule has 92 valence electrons. The van der Waals surface area contributed by atoms with Gasteiger partial charge in [0.2, 0.25) is 0 Å². The normalized spacial score (nSPS) is 10.1. The zero-order valence-corrected chi connectivity index (χ0v) is 10.4. The molecule has 0 radical (unpaired) electrons. The summed E-state index contributed by atoms with van der Waals surface area (Å²) in [6.45, 7) is 1.94. The zero-order valence-electron chi connectivity index (χ0n) is 10.4. The Labute approximate surface area is 106 Å². The van der Waals surface area contributed by atoms with Crippen LogP contribution >= 0.6 is 0 Å². The predicted molar refractivity (Wildman–Crippen MR) is 67.8 cm³/mol. The largest absolute Gasteiger partial charge is 0.496 e. The third kappa shape index (κ3) is 2.71. The lowest BCUT2D eigenvalue weighted by molar-refractivity contribution is 0.0988. The van der Waals surface area contributed by atoms with Gasteiger partial charge in [0.15, 0.2) is 5.78 Å². The number of Topliss-reactive ketones (excluding diaryl/α,β-unsaturated/α-hetero) is 1. The minimum atomic E-state index is -0.0400. The number of carbonyl (C=O) groups excluding carboxylic acids is 1. The predicted octanol–water partition coefficient (Wildman–Crippen LogP) is 2.22. The van der Waals surface area contributed by atoms with Crippen LogP contribution in [0.4, 0.5) is 0 Å². The van der Waals surface area contributed by atoms with E-state index < -0.39 is 0 Å². The van der Waals surface area contributed by atoms with Crippen LogP contribution < -0.4 is 4.74 Å². The minimum Gasteiger partial charge on any atom is -0.496 e. The lowest BCUT2D eigenvalue weighted by Gasteiger charge is -2.08. The van der Waals surface area contributed by atoms with Crippen LogP contribution in [0.5, 0.6) is 5.75 Å². The number of aromatic nitrogens is 2. The molecule has 4 nitrogen and oxygen atoms in total. The van der Waals surface area contributed by atoms with Crippen molar-refractivity contribution in [2.75, 3.05) is 7.11 Å². The number of hydrogen-bond donors (Lipinski definition) is 0. The second-order valence-electron chi connectivity index (χ2n) is 3.97. The van der Waals surface area contributed by atoms with Gasteiger partial charge in [-0.05, 0) is 25.1 Å². The van der Waals surface area contributed by atoms with Gasteiger partial charge in [-0.2, -0.15) is 0 Å². The van der Waals surface area contributed by atoms with Crippen LogP contribution in [0.3, 0.4) is 0 Å². The van der Waals surface area contributed by atoms with E-state index in [1.165, 1.54) is 0 Å². The highest BCUT2D eigenvalue weighted by molar-refractivity contribution is 5.99. The maximum atomic E-state index is 12.2. The van der Waals surface area contributed by atoms with E-state index >= 15 is 0 Å². The van der Waals surface area contributed by atoms with E-state index in [-0.39, 0.29) is 12.2 Å². The first-order valence-electron chi connectivity index (χ1n) is 5.64. The molecule has 0 unspecified atom stereocenters. The number of rotatable bonds is 4. The molecule has 0 saturated carbocycles. The fraction of sp³-hybridized carbons (Fsp3) is 0.214. The lowest BCUT2D eigenvalue weighted by atomic mass is 10.0. The third-order valence-electron chi connectivity index (χ3n) is 2.59. The smallest absolute Gasteiger partial charge is 0.174 e. The molecule has 0 N–H and O–H groups in total. The Hall–Kier alpha value is -2.23. The van der Waals surface area contributed by atoms with Gasteiger partial charge in [-0.25, -0.2) is 9.97 Å². The van der Waals surface area contributed by atoms with Gasteiger partial charge in [0.05, 0.1) is 19.1 Å². The first-order chi connectivity index (χ1) is 8.70. The molecule has 0 aliphatic heterocycles. The van der Waals surface area contributed by atoms with Gasteiger partial charge in [-0.3, -0.25) is 4.79 Å². The summed E-state index contributed by atoms with van der Waals surface area (Å²) >= 11 is 0. The summed E-state index contributed by atoms with van der Waals surface area (Å²) in [6.07, 6.45) is 3.44. The van der Waals surface area contributed by atoms with E-state index in [4.69, 9.17) is 4.74 Å². The van der Waals surface area contributed by atoms with Crippen LogP contribution in [0.1, 0.15) is 21.7 Å². The summed E-state index contributed by atoms with van der Waals surface area (Å²) < 4.78 is 5.20. The quantitative estimate of drug-likeness (QED) is 0.771. The highest BCUT2D eigenvalue weighted by Gasteiger charge is 2.14. The van der Waals surface area contributed by atoms with Crippen molar-refractivity contribution in [1.29, 1.82) is 0 Å². The van der Waals surface area contributed by atoms with Gasteiger partial charge in [0, 0.05) is 12.4 Å². The molecular formula is C14H14N2O2. The van der Waals surface area contributed by atoms with Gasteiger partial charge in [-0.15, -0.1) is 0 Å². The minimum absolute atomic E-state index is 0.0400. The number of aryl methyl sites for hydroxylation is 1. The van der Waals surface area contributed by atoms with Crippen molar-refractivity contribution in [1.82, 2.24) is 9.97 Å². The Morgan fingerprint density at radius 2 is 2.00 bits per heavy atom. The van der Waals surface area contributed by atoms with Crippen molar-refractivity contribution >= 4 is 5.78 Å². The van der Waals surface area contributed by atoms with Crippen LogP contribution in [0.2, 0.25) is 0 Å². The summed E-state index contributed by atoms with van der Waals surface area (Å²) in [6, 6.07) is 7.26.